The van der Waals surface area contributed by atoms with Crippen LogP contribution >= 0.6 is 0 Å². The summed E-state index contributed by atoms with van der Waals surface area (Å²) < 4.78 is 5.73. The molecule has 0 radical (unpaired) electrons. The summed E-state index contributed by atoms with van der Waals surface area (Å²) in [4.78, 5) is 16.5. The van der Waals surface area contributed by atoms with Crippen molar-refractivity contribution in [3.63, 3.8) is 0 Å². The second-order valence-corrected chi connectivity index (χ2v) is 5.65. The number of hydrogen-bond donors (Lipinski definition) is 1. The first-order chi connectivity index (χ1) is 11.7. The number of aromatic nitrogens is 1. The normalized spacial score (nSPS) is 10.5. The second kappa shape index (κ2) is 7.59. The molecular formula is C20H20N2O2. The lowest BCUT2D eigenvalue weighted by Gasteiger charge is -2.04. The third kappa shape index (κ3) is 4.10. The van der Waals surface area contributed by atoms with E-state index >= 15 is 0 Å². The predicted molar refractivity (Wildman–Crippen MR) is 93.5 cm³/mol. The van der Waals surface area contributed by atoms with E-state index in [4.69, 9.17) is 4.42 Å². The number of nitrogens with one attached hydrogen (secondary N) is 1. The van der Waals surface area contributed by atoms with Gasteiger partial charge >= 0.3 is 0 Å². The third-order valence-corrected chi connectivity index (χ3v) is 3.80. The number of aryl methyl sites for hydroxylation is 1. The molecule has 1 N–H and O–H groups in total. The molecule has 0 fully saturated rings. The first-order valence-electron chi connectivity index (χ1n) is 8.05. The van der Waals surface area contributed by atoms with E-state index in [-0.39, 0.29) is 5.91 Å². The fourth-order valence-corrected chi connectivity index (χ4v) is 2.53. The van der Waals surface area contributed by atoms with Crippen LogP contribution in [0, 0.1) is 6.92 Å². The smallest absolute Gasteiger partial charge is 0.226 e. The van der Waals surface area contributed by atoms with Crippen LogP contribution in [0.1, 0.15) is 17.0 Å². The Labute approximate surface area is 141 Å². The number of rotatable bonds is 6. The highest BCUT2D eigenvalue weighted by Gasteiger charge is 2.11. The SMILES string of the molecule is Cc1oc(-c2ccccc2)nc1CCNC(=O)Cc1ccccc1. The first-order valence-corrected chi connectivity index (χ1v) is 8.05. The molecule has 1 heterocycles. The monoisotopic (exact) mass is 320 g/mol. The molecule has 0 unspecified atom stereocenters. The van der Waals surface area contributed by atoms with Crippen LogP contribution in [0.4, 0.5) is 0 Å². The van der Waals surface area contributed by atoms with E-state index in [2.05, 4.69) is 10.3 Å². The van der Waals surface area contributed by atoms with E-state index in [0.29, 0.717) is 25.3 Å². The van der Waals surface area contributed by atoms with Crippen LogP contribution in [-0.4, -0.2) is 17.4 Å². The third-order valence-electron chi connectivity index (χ3n) is 3.80. The van der Waals surface area contributed by atoms with Gasteiger partial charge in [-0.05, 0) is 24.6 Å². The number of hydrogen-bond acceptors (Lipinski definition) is 3. The lowest BCUT2D eigenvalue weighted by Crippen LogP contribution is -2.27. The second-order valence-electron chi connectivity index (χ2n) is 5.65. The highest BCUT2D eigenvalue weighted by Crippen LogP contribution is 2.21. The Kier molecular flexibility index (Phi) is 5.06. The largest absolute Gasteiger partial charge is 0.441 e. The molecule has 122 valence electrons. The van der Waals surface area contributed by atoms with Crippen LogP contribution in [0.2, 0.25) is 0 Å². The summed E-state index contributed by atoms with van der Waals surface area (Å²) in [5.74, 6) is 1.44. The Morgan fingerprint density at radius 2 is 1.71 bits per heavy atom. The van der Waals surface area contributed by atoms with Crippen LogP contribution in [0.25, 0.3) is 11.5 Å². The Balaban J connectivity index is 1.54. The Hall–Kier alpha value is -2.88. The van der Waals surface area contributed by atoms with Gasteiger partial charge in [-0.3, -0.25) is 4.79 Å². The summed E-state index contributed by atoms with van der Waals surface area (Å²) in [5, 5.41) is 2.94. The minimum Gasteiger partial charge on any atom is -0.441 e. The van der Waals surface area contributed by atoms with E-state index in [1.54, 1.807) is 0 Å². The number of benzene rings is 2. The number of amides is 1. The van der Waals surface area contributed by atoms with Gasteiger partial charge in [-0.25, -0.2) is 4.98 Å². The Morgan fingerprint density at radius 3 is 2.42 bits per heavy atom. The molecule has 0 atom stereocenters. The van der Waals surface area contributed by atoms with Crippen molar-refractivity contribution < 1.29 is 9.21 Å². The molecule has 0 saturated heterocycles. The molecule has 0 aliphatic carbocycles. The highest BCUT2D eigenvalue weighted by atomic mass is 16.4. The standard InChI is InChI=1S/C20H20N2O2/c1-15-18(22-20(24-15)17-10-6-3-7-11-17)12-13-21-19(23)14-16-8-4-2-5-9-16/h2-11H,12-14H2,1H3,(H,21,23). The van der Waals surface area contributed by atoms with Crippen LogP contribution in [-0.2, 0) is 17.6 Å². The summed E-state index contributed by atoms with van der Waals surface area (Å²) in [6.07, 6.45) is 1.05. The molecule has 1 aromatic heterocycles. The van der Waals surface area contributed by atoms with E-state index in [0.717, 1.165) is 22.6 Å². The summed E-state index contributed by atoms with van der Waals surface area (Å²) in [6.45, 7) is 2.45. The zero-order valence-electron chi connectivity index (χ0n) is 13.7. The van der Waals surface area contributed by atoms with Crippen molar-refractivity contribution in [2.24, 2.45) is 0 Å². The van der Waals surface area contributed by atoms with Gasteiger partial charge in [0.15, 0.2) is 0 Å². The number of nitrogens with zero attached hydrogens (tertiary/aromatic N) is 1. The molecule has 4 nitrogen and oxygen atoms in total. The van der Waals surface area contributed by atoms with Crippen molar-refractivity contribution in [1.29, 1.82) is 0 Å². The van der Waals surface area contributed by atoms with Gasteiger partial charge < -0.3 is 9.73 Å². The minimum absolute atomic E-state index is 0.0191. The van der Waals surface area contributed by atoms with Crippen molar-refractivity contribution >= 4 is 5.91 Å². The number of carbonyl (C=O) groups excluding carboxylic acids is 1. The fourth-order valence-electron chi connectivity index (χ4n) is 2.53. The topological polar surface area (TPSA) is 55.1 Å². The molecule has 3 rings (SSSR count). The van der Waals surface area contributed by atoms with Gasteiger partial charge in [-0.2, -0.15) is 0 Å². The lowest BCUT2D eigenvalue weighted by molar-refractivity contribution is -0.120. The zero-order chi connectivity index (χ0) is 16.8. The highest BCUT2D eigenvalue weighted by molar-refractivity contribution is 5.78. The molecule has 1 amide bonds. The summed E-state index contributed by atoms with van der Waals surface area (Å²) >= 11 is 0. The van der Waals surface area contributed by atoms with Crippen molar-refractivity contribution in [2.45, 2.75) is 19.8 Å². The van der Waals surface area contributed by atoms with Gasteiger partial charge in [0.05, 0.1) is 12.1 Å². The first kappa shape index (κ1) is 16.0. The molecule has 0 saturated carbocycles. The van der Waals surface area contributed by atoms with Crippen molar-refractivity contribution in [3.8, 4) is 11.5 Å². The predicted octanol–water partition coefficient (Wildman–Crippen LogP) is 3.55. The molecule has 0 bridgehead atoms. The van der Waals surface area contributed by atoms with Gasteiger partial charge in [0.1, 0.15) is 5.76 Å². The van der Waals surface area contributed by atoms with Crippen molar-refractivity contribution in [3.05, 3.63) is 77.7 Å². The number of oxazole rings is 1. The van der Waals surface area contributed by atoms with E-state index in [1.165, 1.54) is 0 Å². The van der Waals surface area contributed by atoms with E-state index in [9.17, 15) is 4.79 Å². The molecule has 24 heavy (non-hydrogen) atoms. The maximum absolute atomic E-state index is 12.0. The van der Waals surface area contributed by atoms with Gasteiger partial charge in [0.2, 0.25) is 11.8 Å². The Morgan fingerprint density at radius 1 is 1.04 bits per heavy atom. The maximum Gasteiger partial charge on any atom is 0.226 e. The molecule has 0 aliphatic rings. The zero-order valence-corrected chi connectivity index (χ0v) is 13.7. The summed E-state index contributed by atoms with van der Waals surface area (Å²) in [6, 6.07) is 19.5. The average Bonchev–Trinajstić information content (AvgIpc) is 2.98. The number of carbonyl (C=O) groups is 1. The average molecular weight is 320 g/mol. The van der Waals surface area contributed by atoms with Gasteiger partial charge in [-0.15, -0.1) is 0 Å². The van der Waals surface area contributed by atoms with Gasteiger partial charge in [0.25, 0.3) is 0 Å². The van der Waals surface area contributed by atoms with Crippen LogP contribution in [0.3, 0.4) is 0 Å². The van der Waals surface area contributed by atoms with Crippen LogP contribution < -0.4 is 5.32 Å². The van der Waals surface area contributed by atoms with Crippen LogP contribution in [0.5, 0.6) is 0 Å². The van der Waals surface area contributed by atoms with Gasteiger partial charge in [0, 0.05) is 18.5 Å². The maximum atomic E-state index is 12.0. The molecule has 2 aromatic carbocycles. The van der Waals surface area contributed by atoms with Crippen LogP contribution in [0.15, 0.2) is 65.1 Å². The quantitative estimate of drug-likeness (QED) is 0.755. The molecule has 0 aliphatic heterocycles. The fraction of sp³-hybridized carbons (Fsp3) is 0.200. The molecule has 3 aromatic rings. The lowest BCUT2D eigenvalue weighted by atomic mass is 10.1. The molecule has 4 heteroatoms. The summed E-state index contributed by atoms with van der Waals surface area (Å²) in [5.41, 5.74) is 2.85. The Bertz CT molecular complexity index is 795. The van der Waals surface area contributed by atoms with E-state index in [1.807, 2.05) is 67.6 Å². The van der Waals surface area contributed by atoms with Gasteiger partial charge in [-0.1, -0.05) is 48.5 Å². The van der Waals surface area contributed by atoms with E-state index < -0.39 is 0 Å². The molecular weight excluding hydrogens is 300 g/mol. The summed E-state index contributed by atoms with van der Waals surface area (Å²) in [7, 11) is 0. The van der Waals surface area contributed by atoms with Crippen molar-refractivity contribution in [2.75, 3.05) is 6.54 Å². The minimum atomic E-state index is 0.0191. The molecule has 0 spiro atoms. The van der Waals surface area contributed by atoms with Crippen molar-refractivity contribution in [1.82, 2.24) is 10.3 Å².